The highest BCUT2D eigenvalue weighted by atomic mass is 32.2. The molecule has 10 heteroatoms. The maximum Gasteiger partial charge on any atom is 0.253 e. The van der Waals surface area contributed by atoms with Gasteiger partial charge in [-0.3, -0.25) is 9.59 Å². The van der Waals surface area contributed by atoms with E-state index in [0.29, 0.717) is 31.0 Å². The molecule has 6 rings (SSSR count). The zero-order valence-electron chi connectivity index (χ0n) is 31.9. The predicted molar refractivity (Wildman–Crippen MR) is 219 cm³/mol. The molecule has 0 bridgehead atoms. The second-order valence-corrected chi connectivity index (χ2v) is 16.5. The van der Waals surface area contributed by atoms with Gasteiger partial charge in [0.1, 0.15) is 5.75 Å². The highest BCUT2D eigenvalue weighted by molar-refractivity contribution is 7.89. The first kappa shape index (κ1) is 39.9. The largest absolute Gasteiger partial charge is 0.497 e. The number of nitrogens with zero attached hydrogens (tertiary/aromatic N) is 2. The Morgan fingerprint density at radius 3 is 2.16 bits per heavy atom. The number of nitrogens with one attached hydrogen (secondary N) is 1. The summed E-state index contributed by atoms with van der Waals surface area (Å²) in [6.45, 7) is 4.71. The van der Waals surface area contributed by atoms with Crippen LogP contribution in [0.5, 0.6) is 5.75 Å². The van der Waals surface area contributed by atoms with E-state index in [1.165, 1.54) is 44.2 Å². The van der Waals surface area contributed by atoms with Crippen molar-refractivity contribution >= 4 is 27.9 Å². The topological polar surface area (TPSA) is 122 Å². The van der Waals surface area contributed by atoms with Crippen LogP contribution in [0.3, 0.4) is 0 Å². The number of sulfonamides is 1. The van der Waals surface area contributed by atoms with Crippen molar-refractivity contribution in [2.45, 2.75) is 62.8 Å². The summed E-state index contributed by atoms with van der Waals surface area (Å²) in [6.07, 6.45) is 12.6. The maximum absolute atomic E-state index is 13.7. The first-order chi connectivity index (χ1) is 26.6. The number of ether oxygens (including phenoxy) is 1. The molecule has 0 saturated carbocycles. The Bertz CT molecular complexity index is 2020. The van der Waals surface area contributed by atoms with E-state index in [-0.39, 0.29) is 16.7 Å². The van der Waals surface area contributed by atoms with Crippen LogP contribution in [-0.2, 0) is 27.8 Å². The maximum atomic E-state index is 13.7. The number of rotatable bonds is 15. The van der Waals surface area contributed by atoms with E-state index in [9.17, 15) is 18.0 Å². The summed E-state index contributed by atoms with van der Waals surface area (Å²) in [5, 5.41) is 8.75. The molecule has 0 aliphatic carbocycles. The average molecular weight is 763 g/mol. The number of hydrogen-bond donors (Lipinski definition) is 2. The Kier molecular flexibility index (Phi) is 13.9. The lowest BCUT2D eigenvalue weighted by Gasteiger charge is -2.32. The minimum Gasteiger partial charge on any atom is -0.497 e. The van der Waals surface area contributed by atoms with E-state index in [1.54, 1.807) is 36.3 Å². The molecule has 55 heavy (non-hydrogen) atoms. The van der Waals surface area contributed by atoms with Crippen molar-refractivity contribution < 1.29 is 22.7 Å². The summed E-state index contributed by atoms with van der Waals surface area (Å²) in [5.41, 5.74) is 5.33. The van der Waals surface area contributed by atoms with Crippen molar-refractivity contribution in [1.29, 1.82) is 0 Å². The minimum atomic E-state index is -3.80. The molecule has 290 valence electrons. The molecule has 2 saturated heterocycles. The molecular weight excluding hydrogens is 709 g/mol. The fraction of sp³-hybridized carbons (Fsp3) is 0.378. The van der Waals surface area contributed by atoms with Crippen molar-refractivity contribution in [2.75, 3.05) is 39.8 Å². The van der Waals surface area contributed by atoms with E-state index in [1.807, 2.05) is 71.6 Å². The minimum absolute atomic E-state index is 0.0485. The second-order valence-electron chi connectivity index (χ2n) is 14.9. The van der Waals surface area contributed by atoms with Crippen LogP contribution < -0.4 is 15.2 Å². The molecule has 4 aromatic rings. The van der Waals surface area contributed by atoms with Crippen molar-refractivity contribution in [1.82, 2.24) is 15.1 Å². The molecule has 4 aromatic carbocycles. The lowest BCUT2D eigenvalue weighted by molar-refractivity contribution is -0.126. The predicted octanol–water partition coefficient (Wildman–Crippen LogP) is 7.32. The molecular formula is C45H54N4O5S. The number of piperidine rings is 2. The van der Waals surface area contributed by atoms with Crippen LogP contribution in [0.15, 0.2) is 108 Å². The van der Waals surface area contributed by atoms with Gasteiger partial charge in [-0.2, -0.15) is 0 Å². The molecule has 3 N–H and O–H groups in total. The standard InChI is InChI=1S/C45H54N4O5S/c1-54-42-16-11-36(12-17-42)15-20-44(50)49(30-25-37-13-18-43(19-14-37)55(46,52)53)33-38-7-3-8-39(31-38)40-9-4-10-41(32-40)45(51)48-28-23-35(24-29-48)6-2-5-34-21-26-47-27-22-34/h3-4,7-20,31-32,34-35,47H,2,5-6,21-30,33H2,1H3,(H2,46,52,53)/b20-15+. The lowest BCUT2D eigenvalue weighted by atomic mass is 9.87. The Morgan fingerprint density at radius 2 is 1.49 bits per heavy atom. The number of nitrogens with two attached hydrogens (primary N) is 1. The normalized spacial score (nSPS) is 15.6. The zero-order chi connectivity index (χ0) is 38.6. The smallest absolute Gasteiger partial charge is 0.253 e. The van der Waals surface area contributed by atoms with Crippen molar-refractivity contribution in [3.63, 3.8) is 0 Å². The molecule has 2 fully saturated rings. The lowest BCUT2D eigenvalue weighted by Crippen LogP contribution is -2.38. The fourth-order valence-corrected chi connectivity index (χ4v) is 8.25. The summed E-state index contributed by atoms with van der Waals surface area (Å²) < 4.78 is 28.8. The Balaban J connectivity index is 1.10. The number of benzene rings is 4. The third kappa shape index (κ3) is 11.6. The van der Waals surface area contributed by atoms with Crippen LogP contribution in [0.25, 0.3) is 17.2 Å². The number of hydrogen-bond acceptors (Lipinski definition) is 6. The van der Waals surface area contributed by atoms with E-state index in [4.69, 9.17) is 9.88 Å². The number of carbonyl (C=O) groups is 2. The molecule has 2 aliphatic heterocycles. The molecule has 2 amide bonds. The Labute approximate surface area is 326 Å². The van der Waals surface area contributed by atoms with Gasteiger partial charge in [0.2, 0.25) is 15.9 Å². The molecule has 9 nitrogen and oxygen atoms in total. The summed E-state index contributed by atoms with van der Waals surface area (Å²) >= 11 is 0. The van der Waals surface area contributed by atoms with Crippen molar-refractivity contribution in [2.24, 2.45) is 17.0 Å². The third-order valence-electron chi connectivity index (χ3n) is 11.1. The van der Waals surface area contributed by atoms with Gasteiger partial charge in [0.05, 0.1) is 12.0 Å². The van der Waals surface area contributed by atoms with Crippen LogP contribution in [0.2, 0.25) is 0 Å². The summed E-state index contributed by atoms with van der Waals surface area (Å²) in [6, 6.07) is 29.9. The first-order valence-electron chi connectivity index (χ1n) is 19.6. The van der Waals surface area contributed by atoms with Crippen molar-refractivity contribution in [3.8, 4) is 16.9 Å². The number of methoxy groups -OCH3 is 1. The quantitative estimate of drug-likeness (QED) is 0.123. The number of primary sulfonamides is 1. The summed E-state index contributed by atoms with van der Waals surface area (Å²) in [5.74, 6) is 2.26. The zero-order valence-corrected chi connectivity index (χ0v) is 32.7. The molecule has 0 aromatic heterocycles. The van der Waals surface area contributed by atoms with E-state index in [0.717, 1.165) is 78.5 Å². The van der Waals surface area contributed by atoms with E-state index >= 15 is 0 Å². The van der Waals surface area contributed by atoms with Crippen LogP contribution in [0.4, 0.5) is 0 Å². The first-order valence-corrected chi connectivity index (χ1v) is 21.1. The highest BCUT2D eigenvalue weighted by Crippen LogP contribution is 2.28. The van der Waals surface area contributed by atoms with Crippen LogP contribution in [0.1, 0.15) is 72.0 Å². The average Bonchev–Trinajstić information content (AvgIpc) is 3.22. The SMILES string of the molecule is COc1ccc(/C=C/C(=O)N(CCc2ccc(S(N)(=O)=O)cc2)Cc2cccc(-c3cccc(C(=O)N4CCC(CCCC5CCNCC5)CC4)c3)c2)cc1. The fourth-order valence-electron chi connectivity index (χ4n) is 7.74. The van der Waals surface area contributed by atoms with Crippen LogP contribution in [-0.4, -0.2) is 69.9 Å². The third-order valence-corrected chi connectivity index (χ3v) is 12.0. The van der Waals surface area contributed by atoms with Gasteiger partial charge in [-0.1, -0.05) is 73.9 Å². The van der Waals surface area contributed by atoms with Gasteiger partial charge in [0.15, 0.2) is 0 Å². The van der Waals surface area contributed by atoms with Gasteiger partial charge in [0.25, 0.3) is 5.91 Å². The Morgan fingerprint density at radius 1 is 0.836 bits per heavy atom. The summed E-state index contributed by atoms with van der Waals surface area (Å²) in [7, 11) is -2.18. The van der Waals surface area contributed by atoms with Gasteiger partial charge in [-0.25, -0.2) is 13.6 Å². The van der Waals surface area contributed by atoms with E-state index in [2.05, 4.69) is 11.4 Å². The summed E-state index contributed by atoms with van der Waals surface area (Å²) in [4.78, 5) is 31.2. The molecule has 0 spiro atoms. The molecule has 2 heterocycles. The second kappa shape index (κ2) is 19.2. The van der Waals surface area contributed by atoms with Crippen LogP contribution >= 0.6 is 0 Å². The number of amides is 2. The molecule has 0 radical (unpaired) electrons. The van der Waals surface area contributed by atoms with E-state index < -0.39 is 10.0 Å². The van der Waals surface area contributed by atoms with Crippen molar-refractivity contribution in [3.05, 3.63) is 125 Å². The van der Waals surface area contributed by atoms with Gasteiger partial charge >= 0.3 is 0 Å². The monoisotopic (exact) mass is 762 g/mol. The van der Waals surface area contributed by atoms with Gasteiger partial charge < -0.3 is 19.9 Å². The highest BCUT2D eigenvalue weighted by Gasteiger charge is 2.24. The van der Waals surface area contributed by atoms with Crippen LogP contribution in [0, 0.1) is 11.8 Å². The van der Waals surface area contributed by atoms with Gasteiger partial charge in [-0.15, -0.1) is 0 Å². The molecule has 0 unspecified atom stereocenters. The van der Waals surface area contributed by atoms with Gasteiger partial charge in [-0.05, 0) is 133 Å². The Hall–Kier alpha value is -4.77. The molecule has 2 aliphatic rings. The molecule has 0 atom stereocenters. The van der Waals surface area contributed by atoms with Gasteiger partial charge in [0, 0.05) is 37.8 Å². The number of carbonyl (C=O) groups excluding carboxylic acids is 2. The number of likely N-dealkylation sites (tertiary alicyclic amines) is 1.